The van der Waals surface area contributed by atoms with Crippen molar-refractivity contribution in [3.8, 4) is 0 Å². The van der Waals surface area contributed by atoms with Crippen LogP contribution in [0.15, 0.2) is 48.6 Å². The number of carboxylic acid groups (broad SMARTS) is 1. The minimum Gasteiger partial charge on any atom is -0.477 e. The number of nitrogens with zero attached hydrogens (tertiary/aromatic N) is 1. The molecule has 1 N–H and O–H groups in total. The maximum atomic E-state index is 12.9. The fraction of sp³-hybridized carbons (Fsp3) is 0.838. The second-order valence-corrected chi connectivity index (χ2v) is 23.4. The van der Waals surface area contributed by atoms with E-state index >= 15 is 0 Å². The Morgan fingerprint density at radius 1 is 0.390 bits per heavy atom. The number of unbranched alkanes of at least 4 members (excludes halogenated alkanes) is 38. The van der Waals surface area contributed by atoms with Gasteiger partial charge < -0.3 is 28.5 Å². The molecule has 0 aromatic carbocycles. The van der Waals surface area contributed by atoms with Gasteiger partial charge in [0, 0.05) is 12.8 Å². The Morgan fingerprint density at radius 2 is 0.701 bits per heavy atom. The summed E-state index contributed by atoms with van der Waals surface area (Å²) in [6.45, 7) is 4.90. The summed E-state index contributed by atoms with van der Waals surface area (Å²) in [6, 6.07) is 0. The molecular formula is C68H126NO8+. The number of ether oxygens (including phenoxy) is 4. The van der Waals surface area contributed by atoms with Gasteiger partial charge in [-0.2, -0.15) is 0 Å². The lowest BCUT2D eigenvalue weighted by molar-refractivity contribution is -0.870. The molecule has 9 heteroatoms. The quantitative estimate of drug-likeness (QED) is 0.0211. The SMILES string of the molecule is CCCCCCC/C=C\C/C=C\C/C=C\CCCCCCCCCCCCCCCCCCCCC(=O)OC(COC(=O)CCCCCCCCCCC/C=C\CCCCCCCC)COC(OCC[N+](C)(C)C)C(=O)O. The zero-order valence-electron chi connectivity index (χ0n) is 51.4. The molecule has 0 saturated heterocycles. The minimum atomic E-state index is -1.51. The fourth-order valence-corrected chi connectivity index (χ4v) is 9.49. The number of quaternary nitrogens is 1. The number of carboxylic acids is 1. The fourth-order valence-electron chi connectivity index (χ4n) is 9.49. The Balaban J connectivity index is 4.09. The molecule has 9 nitrogen and oxygen atoms in total. The van der Waals surface area contributed by atoms with Gasteiger partial charge in [0.15, 0.2) is 6.10 Å². The predicted octanol–water partition coefficient (Wildman–Crippen LogP) is 19.8. The number of aliphatic carboxylic acids is 1. The maximum absolute atomic E-state index is 12.9. The predicted molar refractivity (Wildman–Crippen MR) is 327 cm³/mol. The lowest BCUT2D eigenvalue weighted by atomic mass is 10.0. The third-order valence-electron chi connectivity index (χ3n) is 14.6. The summed E-state index contributed by atoms with van der Waals surface area (Å²) in [4.78, 5) is 37.5. The zero-order chi connectivity index (χ0) is 56.2. The Bertz CT molecular complexity index is 1400. The summed E-state index contributed by atoms with van der Waals surface area (Å²) < 4.78 is 22.9. The highest BCUT2D eigenvalue weighted by Gasteiger charge is 2.25. The van der Waals surface area contributed by atoms with E-state index in [1.165, 1.54) is 231 Å². The Kier molecular flexibility index (Phi) is 57.3. The van der Waals surface area contributed by atoms with Crippen LogP contribution in [0.1, 0.15) is 309 Å². The molecule has 0 aliphatic rings. The highest BCUT2D eigenvalue weighted by atomic mass is 16.7. The highest BCUT2D eigenvalue weighted by Crippen LogP contribution is 2.17. The van der Waals surface area contributed by atoms with Crippen LogP contribution in [0, 0.1) is 0 Å². The van der Waals surface area contributed by atoms with E-state index in [1.807, 2.05) is 21.1 Å². The molecule has 0 radical (unpaired) electrons. The first-order valence-electron chi connectivity index (χ1n) is 32.8. The molecule has 77 heavy (non-hydrogen) atoms. The maximum Gasteiger partial charge on any atom is 0.361 e. The number of hydrogen-bond donors (Lipinski definition) is 1. The van der Waals surface area contributed by atoms with E-state index in [9.17, 15) is 19.5 Å². The van der Waals surface area contributed by atoms with Crippen LogP contribution in [-0.4, -0.2) is 87.4 Å². The largest absolute Gasteiger partial charge is 0.477 e. The third kappa shape index (κ3) is 60.7. The number of rotatable bonds is 61. The molecule has 0 aliphatic carbocycles. The molecular weight excluding hydrogens is 959 g/mol. The molecule has 0 aromatic rings. The van der Waals surface area contributed by atoms with E-state index in [4.69, 9.17) is 18.9 Å². The van der Waals surface area contributed by atoms with Crippen molar-refractivity contribution in [2.75, 3.05) is 47.5 Å². The van der Waals surface area contributed by atoms with Crippen molar-refractivity contribution < 1.29 is 42.9 Å². The van der Waals surface area contributed by atoms with E-state index in [1.54, 1.807) is 0 Å². The van der Waals surface area contributed by atoms with Crippen LogP contribution in [0.5, 0.6) is 0 Å². The van der Waals surface area contributed by atoms with Gasteiger partial charge in [0.1, 0.15) is 13.2 Å². The number of likely N-dealkylation sites (N-methyl/N-ethyl adjacent to an activating group) is 1. The minimum absolute atomic E-state index is 0.180. The van der Waals surface area contributed by atoms with Crippen molar-refractivity contribution in [1.29, 1.82) is 0 Å². The Labute approximate surface area is 476 Å². The molecule has 0 rings (SSSR count). The Hall–Kier alpha value is -2.75. The standard InChI is InChI=1S/C68H125NO8/c1-6-8-10-12-14-16-18-20-22-24-26-27-28-29-30-31-32-33-34-35-36-37-38-39-41-43-45-47-49-51-53-55-57-59-66(71)77-64(63-76-68(67(72)73)74-61-60-69(3,4)5)62-75-65(70)58-56-54-52-50-48-46-44-42-40-25-23-21-19-17-15-13-11-9-7-2/h18,20-21,23-24,26,28-29,64,68H,6-17,19,22,25,27,30-63H2,1-5H3/p+1/b20-18-,23-21-,26-24-,29-28-. The van der Waals surface area contributed by atoms with Gasteiger partial charge in [-0.15, -0.1) is 0 Å². The van der Waals surface area contributed by atoms with Crippen LogP contribution >= 0.6 is 0 Å². The highest BCUT2D eigenvalue weighted by molar-refractivity contribution is 5.71. The van der Waals surface area contributed by atoms with Crippen molar-refractivity contribution >= 4 is 17.9 Å². The molecule has 0 saturated carbocycles. The van der Waals surface area contributed by atoms with Crippen molar-refractivity contribution in [2.24, 2.45) is 0 Å². The van der Waals surface area contributed by atoms with Crippen molar-refractivity contribution in [1.82, 2.24) is 0 Å². The van der Waals surface area contributed by atoms with Gasteiger partial charge in [-0.25, -0.2) is 4.79 Å². The van der Waals surface area contributed by atoms with Crippen molar-refractivity contribution in [3.63, 3.8) is 0 Å². The number of allylic oxidation sites excluding steroid dienone is 8. The summed E-state index contributed by atoms with van der Waals surface area (Å²) in [7, 11) is 5.98. The molecule has 0 aromatic heterocycles. The van der Waals surface area contributed by atoms with Crippen molar-refractivity contribution in [3.05, 3.63) is 48.6 Å². The molecule has 0 spiro atoms. The summed E-state index contributed by atoms with van der Waals surface area (Å²) in [5.74, 6) is -1.99. The number of hydrogen-bond acceptors (Lipinski definition) is 7. The second kappa shape index (κ2) is 59.4. The van der Waals surface area contributed by atoms with Gasteiger partial charge in [0.05, 0.1) is 34.4 Å². The number of carbonyl (C=O) groups excluding carboxylic acids is 2. The van der Waals surface area contributed by atoms with Gasteiger partial charge in [-0.05, 0) is 77.0 Å². The number of esters is 2. The Morgan fingerprint density at radius 3 is 1.05 bits per heavy atom. The van der Waals surface area contributed by atoms with Gasteiger partial charge in [0.25, 0.3) is 6.29 Å². The first-order valence-corrected chi connectivity index (χ1v) is 32.8. The monoisotopic (exact) mass is 1080 g/mol. The average molecular weight is 1090 g/mol. The van der Waals surface area contributed by atoms with Crippen LogP contribution in [-0.2, 0) is 33.3 Å². The van der Waals surface area contributed by atoms with Gasteiger partial charge in [-0.1, -0.05) is 268 Å². The third-order valence-corrected chi connectivity index (χ3v) is 14.6. The van der Waals surface area contributed by atoms with Crippen LogP contribution in [0.3, 0.4) is 0 Å². The molecule has 0 heterocycles. The molecule has 0 fully saturated rings. The first-order chi connectivity index (χ1) is 37.6. The summed E-state index contributed by atoms with van der Waals surface area (Å²) in [5.41, 5.74) is 0. The lowest BCUT2D eigenvalue weighted by Crippen LogP contribution is -2.40. The molecule has 0 amide bonds. The van der Waals surface area contributed by atoms with Crippen LogP contribution < -0.4 is 0 Å². The van der Waals surface area contributed by atoms with E-state index in [2.05, 4.69) is 62.5 Å². The smallest absolute Gasteiger partial charge is 0.361 e. The van der Waals surface area contributed by atoms with E-state index < -0.39 is 24.3 Å². The first kappa shape index (κ1) is 74.2. The lowest BCUT2D eigenvalue weighted by Gasteiger charge is -2.25. The molecule has 450 valence electrons. The van der Waals surface area contributed by atoms with E-state index in [-0.39, 0.29) is 32.2 Å². The molecule has 2 atom stereocenters. The topological polar surface area (TPSA) is 108 Å². The van der Waals surface area contributed by atoms with E-state index in [0.29, 0.717) is 17.4 Å². The van der Waals surface area contributed by atoms with Gasteiger partial charge in [0.2, 0.25) is 0 Å². The van der Waals surface area contributed by atoms with Gasteiger partial charge in [-0.3, -0.25) is 9.59 Å². The second-order valence-electron chi connectivity index (χ2n) is 23.4. The average Bonchev–Trinajstić information content (AvgIpc) is 3.40. The van der Waals surface area contributed by atoms with Crippen LogP contribution in [0.25, 0.3) is 0 Å². The van der Waals surface area contributed by atoms with Crippen LogP contribution in [0.4, 0.5) is 0 Å². The summed E-state index contributed by atoms with van der Waals surface area (Å²) >= 11 is 0. The molecule has 0 aliphatic heterocycles. The van der Waals surface area contributed by atoms with Gasteiger partial charge >= 0.3 is 17.9 Å². The van der Waals surface area contributed by atoms with Crippen LogP contribution in [0.2, 0.25) is 0 Å². The molecule has 0 bridgehead atoms. The zero-order valence-corrected chi connectivity index (χ0v) is 51.4. The van der Waals surface area contributed by atoms with Crippen molar-refractivity contribution in [2.45, 2.75) is 322 Å². The van der Waals surface area contributed by atoms with E-state index in [0.717, 1.165) is 51.4 Å². The summed E-state index contributed by atoms with van der Waals surface area (Å²) in [6.07, 6.45) is 72.1. The summed E-state index contributed by atoms with van der Waals surface area (Å²) in [5, 5.41) is 9.72. The number of carbonyl (C=O) groups is 3. The normalized spacial score (nSPS) is 13.0. The molecule has 2 unspecified atom stereocenters.